The first-order valence-electron chi connectivity index (χ1n) is 10.1. The Kier molecular flexibility index (Phi) is 5.30. The first kappa shape index (κ1) is 22.0. The predicted molar refractivity (Wildman–Crippen MR) is 117 cm³/mol. The summed E-state index contributed by atoms with van der Waals surface area (Å²) in [6, 6.07) is 11.2. The van der Waals surface area contributed by atoms with E-state index < -0.39 is 40.0 Å². The molecular weight excluding hydrogens is 432 g/mol. The minimum atomic E-state index is -3.68. The van der Waals surface area contributed by atoms with Crippen LogP contribution >= 0.6 is 0 Å². The summed E-state index contributed by atoms with van der Waals surface area (Å²) in [5, 5.41) is 5.41. The first-order chi connectivity index (χ1) is 15.1. The second-order valence-corrected chi connectivity index (χ2v) is 10.3. The highest BCUT2D eigenvalue weighted by Crippen LogP contribution is 2.41. The largest absolute Gasteiger partial charge is 0.325 e. The highest BCUT2D eigenvalue weighted by atomic mass is 32.2. The van der Waals surface area contributed by atoms with E-state index in [1.165, 1.54) is 26.2 Å². The van der Waals surface area contributed by atoms with Crippen LogP contribution in [0.15, 0.2) is 47.4 Å². The fourth-order valence-electron chi connectivity index (χ4n) is 4.17. The van der Waals surface area contributed by atoms with Crippen molar-refractivity contribution in [2.45, 2.75) is 30.2 Å². The molecule has 1 atom stereocenters. The number of sulfonamides is 1. The Labute approximate surface area is 186 Å². The molecule has 1 aliphatic heterocycles. The maximum atomic E-state index is 13.2. The van der Waals surface area contributed by atoms with Crippen LogP contribution in [-0.2, 0) is 31.6 Å². The average molecular weight is 457 g/mol. The van der Waals surface area contributed by atoms with Gasteiger partial charge in [-0.05, 0) is 48.6 Å². The Hall–Kier alpha value is -3.24. The number of anilines is 1. The zero-order valence-electron chi connectivity index (χ0n) is 18.0. The van der Waals surface area contributed by atoms with E-state index in [0.29, 0.717) is 24.1 Å². The molecule has 0 radical (unpaired) electrons. The topological polar surface area (TPSA) is 116 Å². The molecule has 4 rings (SSSR count). The van der Waals surface area contributed by atoms with Crippen LogP contribution in [0.25, 0.3) is 0 Å². The maximum absolute atomic E-state index is 13.2. The molecule has 0 aromatic heterocycles. The van der Waals surface area contributed by atoms with Crippen LogP contribution in [0.4, 0.5) is 10.5 Å². The molecule has 1 saturated heterocycles. The fraction of sp³-hybridized carbons (Fsp3) is 0.318. The van der Waals surface area contributed by atoms with E-state index in [2.05, 4.69) is 10.6 Å². The lowest BCUT2D eigenvalue weighted by Gasteiger charge is -2.22. The van der Waals surface area contributed by atoms with Gasteiger partial charge in [-0.1, -0.05) is 30.3 Å². The SMILES string of the molecule is Cc1ccc(S(=O)(=O)N(C)C)cc1NC(=O)CN1C(=O)N[C@@]2(CCc3ccccc32)C1=O. The number of carbonyl (C=O) groups is 3. The number of nitrogens with one attached hydrogen (secondary N) is 2. The van der Waals surface area contributed by atoms with Gasteiger partial charge in [0.25, 0.3) is 5.91 Å². The van der Waals surface area contributed by atoms with Crippen LogP contribution in [-0.4, -0.2) is 56.1 Å². The lowest BCUT2D eigenvalue weighted by molar-refractivity contribution is -0.134. The van der Waals surface area contributed by atoms with E-state index in [4.69, 9.17) is 0 Å². The fourth-order valence-corrected chi connectivity index (χ4v) is 5.10. The number of benzene rings is 2. The van der Waals surface area contributed by atoms with Crippen LogP contribution in [0.2, 0.25) is 0 Å². The quantitative estimate of drug-likeness (QED) is 0.663. The summed E-state index contributed by atoms with van der Waals surface area (Å²) >= 11 is 0. The van der Waals surface area contributed by atoms with Crippen LogP contribution < -0.4 is 10.6 Å². The Bertz CT molecular complexity index is 1240. The Morgan fingerprint density at radius 2 is 1.91 bits per heavy atom. The number of hydrogen-bond acceptors (Lipinski definition) is 5. The monoisotopic (exact) mass is 456 g/mol. The summed E-state index contributed by atoms with van der Waals surface area (Å²) in [6.45, 7) is 1.25. The number of amides is 4. The normalized spacial score (nSPS) is 20.1. The van der Waals surface area contributed by atoms with Gasteiger partial charge < -0.3 is 10.6 Å². The van der Waals surface area contributed by atoms with Crippen molar-refractivity contribution < 1.29 is 22.8 Å². The molecule has 32 heavy (non-hydrogen) atoms. The summed E-state index contributed by atoms with van der Waals surface area (Å²) in [6.07, 6.45) is 1.10. The number of nitrogens with zero attached hydrogens (tertiary/aromatic N) is 2. The Morgan fingerprint density at radius 3 is 2.62 bits per heavy atom. The van der Waals surface area contributed by atoms with E-state index >= 15 is 0 Å². The second-order valence-electron chi connectivity index (χ2n) is 8.20. The molecule has 4 amide bonds. The number of hydrogen-bond donors (Lipinski definition) is 2. The van der Waals surface area contributed by atoms with Crippen molar-refractivity contribution in [2.24, 2.45) is 0 Å². The minimum Gasteiger partial charge on any atom is -0.324 e. The standard InChI is InChI=1S/C22H24N4O5S/c1-14-8-9-16(32(30,31)25(2)3)12-18(14)23-19(27)13-26-20(28)22(24-21(26)29)11-10-15-6-4-5-7-17(15)22/h4-9,12H,10-11,13H2,1-3H3,(H,23,27)(H,24,29)/t22-/m1/s1. The zero-order valence-corrected chi connectivity index (χ0v) is 18.8. The molecule has 0 bridgehead atoms. The number of carbonyl (C=O) groups excluding carboxylic acids is 3. The van der Waals surface area contributed by atoms with E-state index in [1.807, 2.05) is 24.3 Å². The van der Waals surface area contributed by atoms with Crippen molar-refractivity contribution >= 4 is 33.6 Å². The third-order valence-corrected chi connectivity index (χ3v) is 7.80. The summed E-state index contributed by atoms with van der Waals surface area (Å²) in [5.74, 6) is -1.05. The Balaban J connectivity index is 1.54. The van der Waals surface area contributed by atoms with E-state index in [9.17, 15) is 22.8 Å². The lowest BCUT2D eigenvalue weighted by atomic mass is 9.92. The van der Waals surface area contributed by atoms with Crippen LogP contribution in [0.1, 0.15) is 23.1 Å². The van der Waals surface area contributed by atoms with Crippen molar-refractivity contribution in [2.75, 3.05) is 26.0 Å². The van der Waals surface area contributed by atoms with Crippen molar-refractivity contribution in [3.05, 3.63) is 59.2 Å². The molecule has 9 nitrogen and oxygen atoms in total. The van der Waals surface area contributed by atoms with Gasteiger partial charge >= 0.3 is 6.03 Å². The molecule has 2 aromatic carbocycles. The highest BCUT2D eigenvalue weighted by molar-refractivity contribution is 7.89. The molecule has 0 unspecified atom stereocenters. The van der Waals surface area contributed by atoms with Crippen molar-refractivity contribution in [1.82, 2.24) is 14.5 Å². The second kappa shape index (κ2) is 7.72. The van der Waals surface area contributed by atoms with Crippen LogP contribution in [0.5, 0.6) is 0 Å². The van der Waals surface area contributed by atoms with Gasteiger partial charge in [-0.2, -0.15) is 0 Å². The maximum Gasteiger partial charge on any atom is 0.325 e. The molecule has 1 fully saturated rings. The first-order valence-corrected chi connectivity index (χ1v) is 11.6. The predicted octanol–water partition coefficient (Wildman–Crippen LogP) is 1.58. The summed E-state index contributed by atoms with van der Waals surface area (Å²) in [5.41, 5.74) is 1.57. The number of urea groups is 1. The molecular formula is C22H24N4O5S. The van der Waals surface area contributed by atoms with Crippen molar-refractivity contribution in [3.63, 3.8) is 0 Å². The number of fused-ring (bicyclic) bond motifs is 2. The van der Waals surface area contributed by atoms with E-state index in [-0.39, 0.29) is 4.90 Å². The van der Waals surface area contributed by atoms with Crippen molar-refractivity contribution in [3.8, 4) is 0 Å². The summed E-state index contributed by atoms with van der Waals surface area (Å²) in [7, 11) is -0.845. The van der Waals surface area contributed by atoms with Crippen LogP contribution in [0.3, 0.4) is 0 Å². The van der Waals surface area contributed by atoms with Gasteiger partial charge in [0, 0.05) is 19.8 Å². The van der Waals surface area contributed by atoms with Gasteiger partial charge in [-0.3, -0.25) is 14.5 Å². The minimum absolute atomic E-state index is 0.0277. The van der Waals surface area contributed by atoms with Crippen molar-refractivity contribution in [1.29, 1.82) is 0 Å². The molecule has 0 saturated carbocycles. The van der Waals surface area contributed by atoms with Gasteiger partial charge in [0.05, 0.1) is 4.90 Å². The smallest absolute Gasteiger partial charge is 0.324 e. The van der Waals surface area contributed by atoms with Gasteiger partial charge in [-0.15, -0.1) is 0 Å². The third kappa shape index (κ3) is 3.45. The molecule has 2 aromatic rings. The van der Waals surface area contributed by atoms with Gasteiger partial charge in [-0.25, -0.2) is 17.5 Å². The third-order valence-electron chi connectivity index (χ3n) is 5.99. The van der Waals surface area contributed by atoms with E-state index in [0.717, 1.165) is 20.3 Å². The molecule has 1 spiro atoms. The molecule has 2 aliphatic rings. The number of rotatable bonds is 5. The molecule has 1 aliphatic carbocycles. The molecule has 1 heterocycles. The number of aryl methyl sites for hydroxylation is 2. The van der Waals surface area contributed by atoms with E-state index in [1.54, 1.807) is 13.0 Å². The highest BCUT2D eigenvalue weighted by Gasteiger charge is 2.55. The zero-order chi connectivity index (χ0) is 23.3. The van der Waals surface area contributed by atoms with Crippen LogP contribution in [0, 0.1) is 6.92 Å². The lowest BCUT2D eigenvalue weighted by Crippen LogP contribution is -2.43. The molecule has 10 heteroatoms. The number of imide groups is 1. The Morgan fingerprint density at radius 1 is 1.19 bits per heavy atom. The summed E-state index contributed by atoms with van der Waals surface area (Å²) < 4.78 is 25.9. The molecule has 2 N–H and O–H groups in total. The summed E-state index contributed by atoms with van der Waals surface area (Å²) in [4.78, 5) is 39.4. The van der Waals surface area contributed by atoms with Gasteiger partial charge in [0.1, 0.15) is 12.1 Å². The molecule has 168 valence electrons. The van der Waals surface area contributed by atoms with Gasteiger partial charge in [0.2, 0.25) is 15.9 Å². The van der Waals surface area contributed by atoms with Gasteiger partial charge in [0.15, 0.2) is 0 Å². The average Bonchev–Trinajstić information content (AvgIpc) is 3.23.